The minimum Gasteiger partial charge on any atom is -0.321 e. The van der Waals surface area contributed by atoms with E-state index in [1.807, 2.05) is 79.7 Å². The van der Waals surface area contributed by atoms with Crippen molar-refractivity contribution in [2.24, 2.45) is 0 Å². The molecular formula is C23H19O3P. The SMILES string of the molecule is CC=Cc1cc2ccccc2c(-c2cccc3ccccc23)c1P(=O)(O)O. The van der Waals surface area contributed by atoms with E-state index < -0.39 is 7.60 Å². The molecule has 4 aromatic rings. The van der Waals surface area contributed by atoms with E-state index in [0.717, 1.165) is 27.1 Å². The van der Waals surface area contributed by atoms with Crippen LogP contribution in [0.3, 0.4) is 0 Å². The lowest BCUT2D eigenvalue weighted by Gasteiger charge is -2.19. The van der Waals surface area contributed by atoms with Crippen molar-refractivity contribution in [3.8, 4) is 11.1 Å². The molecule has 0 aliphatic heterocycles. The van der Waals surface area contributed by atoms with Crippen LogP contribution in [0.2, 0.25) is 0 Å². The maximum Gasteiger partial charge on any atom is 0.357 e. The van der Waals surface area contributed by atoms with E-state index >= 15 is 0 Å². The Hall–Kier alpha value is -2.71. The quantitative estimate of drug-likeness (QED) is 0.466. The minimum atomic E-state index is -4.52. The fraction of sp³-hybridized carbons (Fsp3) is 0.0435. The fourth-order valence-electron chi connectivity index (χ4n) is 3.69. The third-order valence-corrected chi connectivity index (χ3v) is 5.81. The maximum atomic E-state index is 12.6. The van der Waals surface area contributed by atoms with E-state index in [1.165, 1.54) is 0 Å². The van der Waals surface area contributed by atoms with Gasteiger partial charge < -0.3 is 9.79 Å². The Morgan fingerprint density at radius 1 is 0.815 bits per heavy atom. The predicted octanol–water partition coefficient (Wildman–Crippen LogP) is 5.50. The van der Waals surface area contributed by atoms with Gasteiger partial charge in [-0.25, -0.2) is 0 Å². The summed E-state index contributed by atoms with van der Waals surface area (Å²) in [4.78, 5) is 20.5. The molecule has 0 saturated heterocycles. The Morgan fingerprint density at radius 3 is 2.15 bits per heavy atom. The van der Waals surface area contributed by atoms with Gasteiger partial charge in [-0.15, -0.1) is 0 Å². The highest BCUT2D eigenvalue weighted by atomic mass is 31.2. The monoisotopic (exact) mass is 374 g/mol. The summed E-state index contributed by atoms with van der Waals surface area (Å²) < 4.78 is 12.6. The largest absolute Gasteiger partial charge is 0.357 e. The Labute approximate surface area is 157 Å². The van der Waals surface area contributed by atoms with Gasteiger partial charge >= 0.3 is 7.60 Å². The van der Waals surface area contributed by atoms with Gasteiger partial charge in [-0.1, -0.05) is 78.9 Å². The summed E-state index contributed by atoms with van der Waals surface area (Å²) in [7, 11) is -4.52. The molecule has 0 atom stereocenters. The Morgan fingerprint density at radius 2 is 1.44 bits per heavy atom. The van der Waals surface area contributed by atoms with E-state index in [4.69, 9.17) is 0 Å². The van der Waals surface area contributed by atoms with Crippen LogP contribution >= 0.6 is 7.60 Å². The van der Waals surface area contributed by atoms with Crippen molar-refractivity contribution >= 4 is 40.5 Å². The molecule has 0 heterocycles. The highest BCUT2D eigenvalue weighted by Crippen LogP contribution is 2.44. The average molecular weight is 374 g/mol. The molecule has 0 fully saturated rings. The molecule has 0 aliphatic carbocycles. The van der Waals surface area contributed by atoms with Gasteiger partial charge in [-0.05, 0) is 45.7 Å². The summed E-state index contributed by atoms with van der Waals surface area (Å²) in [5.74, 6) is 0. The molecule has 4 heteroatoms. The number of rotatable bonds is 3. The molecule has 0 bridgehead atoms. The number of hydrogen-bond donors (Lipinski definition) is 2. The van der Waals surface area contributed by atoms with Gasteiger partial charge in [0.05, 0.1) is 5.30 Å². The van der Waals surface area contributed by atoms with Gasteiger partial charge in [0, 0.05) is 5.56 Å². The van der Waals surface area contributed by atoms with E-state index in [2.05, 4.69) is 0 Å². The van der Waals surface area contributed by atoms with Crippen LogP contribution < -0.4 is 5.30 Å². The summed E-state index contributed by atoms with van der Waals surface area (Å²) >= 11 is 0. The highest BCUT2D eigenvalue weighted by Gasteiger charge is 2.28. The first-order valence-corrected chi connectivity index (χ1v) is 10.3. The van der Waals surface area contributed by atoms with Crippen molar-refractivity contribution in [3.63, 3.8) is 0 Å². The molecule has 134 valence electrons. The lowest BCUT2D eigenvalue weighted by Crippen LogP contribution is -2.13. The summed E-state index contributed by atoms with van der Waals surface area (Å²) in [5, 5.41) is 3.87. The first kappa shape index (κ1) is 17.7. The van der Waals surface area contributed by atoms with E-state index in [9.17, 15) is 14.4 Å². The van der Waals surface area contributed by atoms with Crippen molar-refractivity contribution in [2.45, 2.75) is 6.92 Å². The summed E-state index contributed by atoms with van der Waals surface area (Å²) in [6.07, 6.45) is 3.56. The van der Waals surface area contributed by atoms with Crippen LogP contribution in [0.5, 0.6) is 0 Å². The average Bonchev–Trinajstić information content (AvgIpc) is 2.66. The van der Waals surface area contributed by atoms with E-state index in [0.29, 0.717) is 11.1 Å². The molecule has 0 spiro atoms. The number of hydrogen-bond acceptors (Lipinski definition) is 1. The van der Waals surface area contributed by atoms with Crippen LogP contribution in [0.25, 0.3) is 38.7 Å². The zero-order chi connectivity index (χ0) is 19.0. The Bertz CT molecular complexity index is 1230. The number of benzene rings is 4. The maximum absolute atomic E-state index is 12.6. The molecule has 0 unspecified atom stereocenters. The van der Waals surface area contributed by atoms with Gasteiger partial charge in [0.2, 0.25) is 0 Å². The molecule has 0 aliphatic rings. The van der Waals surface area contributed by atoms with Gasteiger partial charge in [0.15, 0.2) is 0 Å². The van der Waals surface area contributed by atoms with Crippen LogP contribution in [-0.2, 0) is 4.57 Å². The third-order valence-electron chi connectivity index (χ3n) is 4.75. The second-order valence-corrected chi connectivity index (χ2v) is 8.02. The number of allylic oxidation sites excluding steroid dienone is 1. The van der Waals surface area contributed by atoms with Crippen molar-refractivity contribution in [1.82, 2.24) is 0 Å². The predicted molar refractivity (Wildman–Crippen MR) is 113 cm³/mol. The van der Waals surface area contributed by atoms with Gasteiger partial charge in [0.25, 0.3) is 0 Å². The van der Waals surface area contributed by atoms with Crippen LogP contribution in [-0.4, -0.2) is 9.79 Å². The van der Waals surface area contributed by atoms with E-state index in [-0.39, 0.29) is 5.30 Å². The molecule has 0 saturated carbocycles. The molecule has 0 amide bonds. The lowest BCUT2D eigenvalue weighted by molar-refractivity contribution is 0.387. The molecule has 3 nitrogen and oxygen atoms in total. The van der Waals surface area contributed by atoms with Gasteiger partial charge in [-0.3, -0.25) is 4.57 Å². The van der Waals surface area contributed by atoms with Crippen molar-refractivity contribution in [1.29, 1.82) is 0 Å². The van der Waals surface area contributed by atoms with Crippen molar-refractivity contribution in [2.75, 3.05) is 0 Å². The summed E-state index contributed by atoms with van der Waals surface area (Å²) in [6.45, 7) is 1.84. The Kier molecular flexibility index (Phi) is 4.45. The first-order valence-electron chi connectivity index (χ1n) is 8.73. The van der Waals surface area contributed by atoms with Crippen LogP contribution in [0, 0.1) is 0 Å². The summed E-state index contributed by atoms with van der Waals surface area (Å²) in [6, 6.07) is 23.4. The van der Waals surface area contributed by atoms with Crippen LogP contribution in [0.1, 0.15) is 12.5 Å². The molecule has 0 aromatic heterocycles. The van der Waals surface area contributed by atoms with E-state index in [1.54, 1.807) is 12.2 Å². The second kappa shape index (κ2) is 6.79. The zero-order valence-corrected chi connectivity index (χ0v) is 15.7. The molecular weight excluding hydrogens is 355 g/mol. The van der Waals surface area contributed by atoms with Crippen molar-refractivity contribution in [3.05, 3.63) is 84.4 Å². The third kappa shape index (κ3) is 3.11. The lowest BCUT2D eigenvalue weighted by atomic mass is 9.92. The normalized spacial score (nSPS) is 12.3. The molecule has 0 radical (unpaired) electrons. The molecule has 4 rings (SSSR count). The smallest absolute Gasteiger partial charge is 0.321 e. The molecule has 2 N–H and O–H groups in total. The number of fused-ring (bicyclic) bond motifs is 2. The molecule has 4 aromatic carbocycles. The van der Waals surface area contributed by atoms with Gasteiger partial charge in [0.1, 0.15) is 0 Å². The minimum absolute atomic E-state index is 0.0793. The fourth-order valence-corrected chi connectivity index (χ4v) is 4.70. The van der Waals surface area contributed by atoms with Gasteiger partial charge in [-0.2, -0.15) is 0 Å². The standard InChI is InChI=1S/C23H19O3P/c1-2-8-18-15-17-10-4-6-13-20(17)22(23(18)27(24,25)26)21-14-7-11-16-9-3-5-12-19(16)21/h2-15H,1H3,(H2,24,25,26). The second-order valence-electron chi connectivity index (χ2n) is 6.48. The first-order chi connectivity index (χ1) is 13.0. The van der Waals surface area contributed by atoms with Crippen LogP contribution in [0.15, 0.2) is 78.9 Å². The summed E-state index contributed by atoms with van der Waals surface area (Å²) in [5.41, 5.74) is 1.98. The zero-order valence-electron chi connectivity index (χ0n) is 14.8. The van der Waals surface area contributed by atoms with Crippen molar-refractivity contribution < 1.29 is 14.4 Å². The highest BCUT2D eigenvalue weighted by molar-refractivity contribution is 7.60. The van der Waals surface area contributed by atoms with Crippen LogP contribution in [0.4, 0.5) is 0 Å². The molecule has 27 heavy (non-hydrogen) atoms. The topological polar surface area (TPSA) is 57.5 Å². The Balaban J connectivity index is 2.26.